The van der Waals surface area contributed by atoms with E-state index in [9.17, 15) is 9.90 Å². The van der Waals surface area contributed by atoms with E-state index in [0.717, 1.165) is 28.3 Å². The monoisotopic (exact) mass is 524 g/mol. The number of aliphatic hydroxyl groups is 1. The number of aromatic nitrogens is 1. The van der Waals surface area contributed by atoms with Crippen LogP contribution in [-0.4, -0.2) is 41.0 Å². The van der Waals surface area contributed by atoms with Gasteiger partial charge in [0.05, 0.1) is 28.1 Å². The third-order valence-electron chi connectivity index (χ3n) is 6.18. The summed E-state index contributed by atoms with van der Waals surface area (Å²) in [6.45, 7) is 7.58. The van der Waals surface area contributed by atoms with Crippen molar-refractivity contribution in [1.82, 2.24) is 10.3 Å². The quantitative estimate of drug-likeness (QED) is 0.284. The number of hydrogen-bond donors (Lipinski definition) is 2. The summed E-state index contributed by atoms with van der Waals surface area (Å²) in [5.41, 5.74) is 1.58. The van der Waals surface area contributed by atoms with Gasteiger partial charge in [-0.3, -0.25) is 0 Å². The van der Waals surface area contributed by atoms with E-state index in [1.165, 1.54) is 5.56 Å². The zero-order chi connectivity index (χ0) is 26.8. The van der Waals surface area contributed by atoms with Crippen molar-refractivity contribution in [2.45, 2.75) is 83.1 Å². The molecule has 0 fully saturated rings. The first-order valence-electron chi connectivity index (χ1n) is 12.9. The van der Waals surface area contributed by atoms with E-state index < -0.39 is 23.8 Å². The van der Waals surface area contributed by atoms with Gasteiger partial charge in [-0.15, -0.1) is 11.3 Å². The van der Waals surface area contributed by atoms with Gasteiger partial charge in [-0.25, -0.2) is 9.78 Å². The first-order valence-corrected chi connectivity index (χ1v) is 13.7. The molecule has 200 valence electrons. The van der Waals surface area contributed by atoms with Crippen molar-refractivity contribution < 1.29 is 19.4 Å². The van der Waals surface area contributed by atoms with Crippen molar-refractivity contribution in [1.29, 1.82) is 0 Å². The van der Waals surface area contributed by atoms with Crippen molar-refractivity contribution in [3.05, 3.63) is 87.9 Å². The topological polar surface area (TPSA) is 80.7 Å². The van der Waals surface area contributed by atoms with Crippen molar-refractivity contribution in [3.63, 3.8) is 0 Å². The number of carbonyl (C=O) groups excluding carboxylic acids is 1. The number of aliphatic hydroxyl groups excluding tert-OH is 1. The molecule has 0 bridgehead atoms. The van der Waals surface area contributed by atoms with Crippen LogP contribution in [0.4, 0.5) is 4.79 Å². The van der Waals surface area contributed by atoms with Crippen molar-refractivity contribution in [2.75, 3.05) is 7.11 Å². The molecule has 6 nitrogen and oxygen atoms in total. The predicted molar refractivity (Wildman–Crippen MR) is 149 cm³/mol. The molecule has 0 spiro atoms. The Labute approximate surface area is 225 Å². The fourth-order valence-corrected chi connectivity index (χ4v) is 5.55. The number of methoxy groups -OCH3 is 1. The lowest BCUT2D eigenvalue weighted by atomic mass is 9.89. The van der Waals surface area contributed by atoms with Crippen LogP contribution in [0.3, 0.4) is 0 Å². The van der Waals surface area contributed by atoms with E-state index in [-0.39, 0.29) is 12.0 Å². The van der Waals surface area contributed by atoms with Crippen molar-refractivity contribution >= 4 is 17.4 Å². The first kappa shape index (κ1) is 28.8. The highest BCUT2D eigenvalue weighted by Gasteiger charge is 2.29. The first-order chi connectivity index (χ1) is 17.7. The minimum Gasteiger partial charge on any atom is -0.444 e. The number of amides is 1. The smallest absolute Gasteiger partial charge is 0.407 e. The molecule has 0 aliphatic heterocycles. The minimum absolute atomic E-state index is 0.00760. The standard InChI is InChI=1S/C30H40N2O4S/c1-6-26(35-5)27-20-31-28(37-27)23(17-21-13-9-7-10-14-21)19-25(33)24(18-22-15-11-8-12-16-22)32-29(34)36-30(2,3)4/h7-16,20,23-26,33H,6,17-19H2,1-5H3,(H,32,34)/t23?,24-,25-,26+/m0/s1. The van der Waals surface area contributed by atoms with Crippen LogP contribution in [0.25, 0.3) is 0 Å². The second-order valence-corrected chi connectivity index (χ2v) is 11.5. The van der Waals surface area contributed by atoms with Gasteiger partial charge in [-0.1, -0.05) is 67.6 Å². The molecule has 0 radical (unpaired) electrons. The molecule has 4 atom stereocenters. The van der Waals surface area contributed by atoms with Gasteiger partial charge in [-0.2, -0.15) is 0 Å². The number of alkyl carbamates (subject to hydrolysis) is 1. The van der Waals surface area contributed by atoms with Crippen LogP contribution >= 0.6 is 11.3 Å². The highest BCUT2D eigenvalue weighted by atomic mass is 32.1. The molecule has 2 aromatic carbocycles. The summed E-state index contributed by atoms with van der Waals surface area (Å²) in [5, 5.41) is 15.4. The number of ether oxygens (including phenoxy) is 2. The molecule has 3 rings (SSSR count). The van der Waals surface area contributed by atoms with Gasteiger partial charge >= 0.3 is 6.09 Å². The fraction of sp³-hybridized carbons (Fsp3) is 0.467. The molecule has 1 heterocycles. The summed E-state index contributed by atoms with van der Waals surface area (Å²) in [6, 6.07) is 19.6. The van der Waals surface area contributed by atoms with Gasteiger partial charge < -0.3 is 19.9 Å². The van der Waals surface area contributed by atoms with E-state index in [1.807, 2.05) is 75.5 Å². The van der Waals surface area contributed by atoms with Crippen LogP contribution in [0.5, 0.6) is 0 Å². The molecule has 1 aromatic heterocycles. The molecular formula is C30H40N2O4S. The number of benzene rings is 2. The van der Waals surface area contributed by atoms with Gasteiger partial charge in [-0.05, 0) is 57.6 Å². The van der Waals surface area contributed by atoms with E-state index in [2.05, 4.69) is 24.4 Å². The molecular weight excluding hydrogens is 484 g/mol. The van der Waals surface area contributed by atoms with E-state index in [1.54, 1.807) is 18.4 Å². The van der Waals surface area contributed by atoms with E-state index in [0.29, 0.717) is 12.8 Å². The molecule has 7 heteroatoms. The number of nitrogens with one attached hydrogen (secondary N) is 1. The van der Waals surface area contributed by atoms with Gasteiger partial charge in [0.1, 0.15) is 5.60 Å². The van der Waals surface area contributed by atoms with Crippen molar-refractivity contribution in [2.24, 2.45) is 0 Å². The maximum absolute atomic E-state index is 12.7. The molecule has 0 saturated heterocycles. The van der Waals surface area contributed by atoms with Gasteiger partial charge in [0, 0.05) is 19.2 Å². The number of rotatable bonds is 12. The van der Waals surface area contributed by atoms with Crippen LogP contribution in [-0.2, 0) is 22.3 Å². The molecule has 0 saturated carbocycles. The molecule has 3 aromatic rings. The predicted octanol–water partition coefficient (Wildman–Crippen LogP) is 6.45. The van der Waals surface area contributed by atoms with E-state index >= 15 is 0 Å². The number of carbonyl (C=O) groups is 1. The maximum atomic E-state index is 12.7. The summed E-state index contributed by atoms with van der Waals surface area (Å²) in [4.78, 5) is 18.5. The second kappa shape index (κ2) is 13.7. The Morgan fingerprint density at radius 3 is 2.16 bits per heavy atom. The van der Waals surface area contributed by atoms with Crippen LogP contribution in [0.2, 0.25) is 0 Å². The normalized spacial score (nSPS) is 15.0. The third kappa shape index (κ3) is 9.26. The number of thiazole rings is 1. The Kier molecular flexibility index (Phi) is 10.7. The van der Waals surface area contributed by atoms with Crippen LogP contribution in [0.1, 0.15) is 73.6 Å². The lowest BCUT2D eigenvalue weighted by molar-refractivity contribution is 0.0405. The Morgan fingerprint density at radius 1 is 1.03 bits per heavy atom. The number of hydrogen-bond acceptors (Lipinski definition) is 6. The summed E-state index contributed by atoms with van der Waals surface area (Å²) in [7, 11) is 1.72. The Balaban J connectivity index is 1.85. The SMILES string of the molecule is CC[C@@H](OC)c1cnc(C(Cc2ccccc2)C[C@H](O)[C@H](Cc2ccccc2)NC(=O)OC(C)(C)C)s1. The molecule has 1 amide bonds. The van der Waals surface area contributed by atoms with Gasteiger partial charge in [0.2, 0.25) is 0 Å². The average molecular weight is 525 g/mol. The van der Waals surface area contributed by atoms with Gasteiger partial charge in [0.25, 0.3) is 0 Å². The lowest BCUT2D eigenvalue weighted by Gasteiger charge is -2.29. The Morgan fingerprint density at radius 2 is 1.62 bits per heavy atom. The molecule has 2 N–H and O–H groups in total. The third-order valence-corrected chi connectivity index (χ3v) is 7.43. The zero-order valence-electron chi connectivity index (χ0n) is 22.5. The zero-order valence-corrected chi connectivity index (χ0v) is 23.3. The largest absolute Gasteiger partial charge is 0.444 e. The van der Waals surface area contributed by atoms with Gasteiger partial charge in [0.15, 0.2) is 0 Å². The minimum atomic E-state index is -0.807. The van der Waals surface area contributed by atoms with Crippen LogP contribution < -0.4 is 5.32 Å². The Bertz CT molecular complexity index is 1080. The molecule has 0 aliphatic carbocycles. The summed E-state index contributed by atoms with van der Waals surface area (Å²) < 4.78 is 11.1. The molecule has 1 unspecified atom stereocenters. The summed E-state index contributed by atoms with van der Waals surface area (Å²) >= 11 is 1.64. The molecule has 0 aliphatic rings. The Hall–Kier alpha value is -2.74. The highest BCUT2D eigenvalue weighted by molar-refractivity contribution is 7.11. The number of nitrogens with zero attached hydrogens (tertiary/aromatic N) is 1. The van der Waals surface area contributed by atoms with Crippen LogP contribution in [0, 0.1) is 0 Å². The lowest BCUT2D eigenvalue weighted by Crippen LogP contribution is -2.47. The van der Waals surface area contributed by atoms with E-state index in [4.69, 9.17) is 14.5 Å². The molecule has 37 heavy (non-hydrogen) atoms. The second-order valence-electron chi connectivity index (χ2n) is 10.4. The highest BCUT2D eigenvalue weighted by Crippen LogP contribution is 2.34. The van der Waals surface area contributed by atoms with Crippen molar-refractivity contribution in [3.8, 4) is 0 Å². The van der Waals surface area contributed by atoms with Crippen LogP contribution in [0.15, 0.2) is 66.9 Å². The maximum Gasteiger partial charge on any atom is 0.407 e. The summed E-state index contributed by atoms with van der Waals surface area (Å²) in [5.74, 6) is -0.0239. The fourth-order valence-electron chi connectivity index (χ4n) is 4.36. The average Bonchev–Trinajstić information content (AvgIpc) is 3.34. The summed E-state index contributed by atoms with van der Waals surface area (Å²) in [6.07, 6.45) is 3.09.